The van der Waals surface area contributed by atoms with Gasteiger partial charge in [0.2, 0.25) is 11.1 Å². The Morgan fingerprint density at radius 1 is 1.27 bits per heavy atom. The average Bonchev–Trinajstić information content (AvgIpc) is 2.98. The van der Waals surface area contributed by atoms with Crippen LogP contribution < -0.4 is 15.4 Å². The molecular weight excluding hydrogens is 422 g/mol. The fourth-order valence-corrected chi connectivity index (χ4v) is 2.64. The van der Waals surface area contributed by atoms with E-state index in [9.17, 15) is 9.59 Å². The number of rotatable bonds is 6. The van der Waals surface area contributed by atoms with Gasteiger partial charge in [0.25, 0.3) is 0 Å². The number of amides is 3. The van der Waals surface area contributed by atoms with Crippen LogP contribution in [-0.4, -0.2) is 38.4 Å². The van der Waals surface area contributed by atoms with Crippen LogP contribution in [-0.2, 0) is 11.4 Å². The van der Waals surface area contributed by atoms with Crippen LogP contribution >= 0.6 is 27.7 Å². The summed E-state index contributed by atoms with van der Waals surface area (Å²) < 4.78 is 6.56. The van der Waals surface area contributed by atoms with E-state index in [0.29, 0.717) is 16.7 Å². The number of halogens is 1. The van der Waals surface area contributed by atoms with Gasteiger partial charge in [-0.15, -0.1) is 5.10 Å². The molecule has 1 heterocycles. The lowest BCUT2D eigenvalue weighted by atomic mass is 10.1. The Balaban J connectivity index is 1.74. The van der Waals surface area contributed by atoms with Crippen LogP contribution in [0.5, 0.6) is 5.75 Å². The van der Waals surface area contributed by atoms with Gasteiger partial charge in [0.05, 0.1) is 5.75 Å². The van der Waals surface area contributed by atoms with E-state index in [4.69, 9.17) is 4.74 Å². The van der Waals surface area contributed by atoms with E-state index in [-0.39, 0.29) is 12.4 Å². The summed E-state index contributed by atoms with van der Waals surface area (Å²) in [6, 6.07) is 6.91. The first-order valence-corrected chi connectivity index (χ1v) is 9.53. The van der Waals surface area contributed by atoms with Crippen molar-refractivity contribution in [3.8, 4) is 5.75 Å². The second-order valence-electron chi connectivity index (χ2n) is 6.35. The number of urea groups is 1. The fraction of sp³-hybridized carbons (Fsp3) is 0.375. The van der Waals surface area contributed by atoms with E-state index < -0.39 is 17.5 Å². The summed E-state index contributed by atoms with van der Waals surface area (Å²) in [7, 11) is 0. The number of aromatic nitrogens is 3. The molecule has 0 saturated heterocycles. The Labute approximate surface area is 164 Å². The minimum atomic E-state index is -0.526. The quantitative estimate of drug-likeness (QED) is 0.594. The molecule has 3 N–H and O–H groups in total. The molecule has 0 bridgehead atoms. The Morgan fingerprint density at radius 3 is 2.62 bits per heavy atom. The van der Waals surface area contributed by atoms with E-state index >= 15 is 0 Å². The van der Waals surface area contributed by atoms with E-state index in [0.717, 1.165) is 16.2 Å². The van der Waals surface area contributed by atoms with E-state index in [1.165, 1.54) is 0 Å². The minimum absolute atomic E-state index is 0.0302. The third-order valence-electron chi connectivity index (χ3n) is 2.77. The molecule has 2 rings (SSSR count). The maximum absolute atomic E-state index is 11.8. The van der Waals surface area contributed by atoms with Crippen LogP contribution in [0.15, 0.2) is 33.9 Å². The van der Waals surface area contributed by atoms with Crippen molar-refractivity contribution in [2.75, 3.05) is 5.75 Å². The summed E-state index contributed by atoms with van der Waals surface area (Å²) in [6.45, 7) is 5.72. The molecule has 3 amide bonds. The van der Waals surface area contributed by atoms with E-state index in [1.54, 1.807) is 0 Å². The zero-order valence-electron chi connectivity index (χ0n) is 14.6. The monoisotopic (exact) mass is 441 g/mol. The number of aromatic amines is 1. The Hall–Kier alpha value is -2.07. The van der Waals surface area contributed by atoms with Gasteiger partial charge in [-0.05, 0) is 45.0 Å². The van der Waals surface area contributed by atoms with Gasteiger partial charge in [0.1, 0.15) is 12.4 Å². The number of imide groups is 1. The number of ether oxygens (including phenoxy) is 1. The van der Waals surface area contributed by atoms with Crippen molar-refractivity contribution in [2.45, 2.75) is 38.1 Å². The number of nitrogens with one attached hydrogen (secondary N) is 3. The molecule has 0 fully saturated rings. The van der Waals surface area contributed by atoms with Gasteiger partial charge in [0.15, 0.2) is 5.82 Å². The summed E-state index contributed by atoms with van der Waals surface area (Å²) in [5, 5.41) is 12.1. The predicted octanol–water partition coefficient (Wildman–Crippen LogP) is 2.86. The highest BCUT2D eigenvalue weighted by Gasteiger charge is 2.16. The Kier molecular flexibility index (Phi) is 7.04. The van der Waals surface area contributed by atoms with Crippen molar-refractivity contribution in [1.82, 2.24) is 25.8 Å². The standard InChI is InChI=1S/C16H20BrN5O3S/c1-16(2,3)20-14(24)19-13(23)9-26-15-18-12(21-22-15)8-25-11-6-4-10(17)5-7-11/h4-7H,8-9H2,1-3H3,(H,18,21,22)(H2,19,20,23,24). The first kappa shape index (κ1) is 20.2. The number of benzene rings is 1. The lowest BCUT2D eigenvalue weighted by molar-refractivity contribution is -0.117. The molecule has 26 heavy (non-hydrogen) atoms. The summed E-state index contributed by atoms with van der Waals surface area (Å²) in [6.07, 6.45) is 0. The van der Waals surface area contributed by atoms with Gasteiger partial charge in [-0.2, -0.15) is 0 Å². The lowest BCUT2D eigenvalue weighted by Gasteiger charge is -2.20. The van der Waals surface area contributed by atoms with Crippen molar-refractivity contribution in [1.29, 1.82) is 0 Å². The predicted molar refractivity (Wildman–Crippen MR) is 102 cm³/mol. The van der Waals surface area contributed by atoms with Crippen molar-refractivity contribution < 1.29 is 14.3 Å². The summed E-state index contributed by atoms with van der Waals surface area (Å²) >= 11 is 4.48. The van der Waals surface area contributed by atoms with Crippen molar-refractivity contribution >= 4 is 39.6 Å². The Morgan fingerprint density at radius 2 is 1.96 bits per heavy atom. The van der Waals surface area contributed by atoms with Crippen LogP contribution in [0.1, 0.15) is 26.6 Å². The molecule has 1 aromatic carbocycles. The highest BCUT2D eigenvalue weighted by molar-refractivity contribution is 9.10. The Bertz CT molecular complexity index is 758. The van der Waals surface area contributed by atoms with E-state index in [2.05, 4.69) is 41.7 Å². The van der Waals surface area contributed by atoms with Gasteiger partial charge < -0.3 is 10.1 Å². The van der Waals surface area contributed by atoms with Crippen LogP contribution in [0.4, 0.5) is 4.79 Å². The number of hydrogen-bond acceptors (Lipinski definition) is 6. The largest absolute Gasteiger partial charge is 0.486 e. The number of carbonyl (C=O) groups excluding carboxylic acids is 2. The van der Waals surface area contributed by atoms with Crippen LogP contribution in [0.2, 0.25) is 0 Å². The van der Waals surface area contributed by atoms with Crippen molar-refractivity contribution in [3.05, 3.63) is 34.6 Å². The van der Waals surface area contributed by atoms with E-state index in [1.807, 2.05) is 45.0 Å². The third kappa shape index (κ3) is 7.44. The summed E-state index contributed by atoms with van der Waals surface area (Å²) in [4.78, 5) is 27.6. The maximum atomic E-state index is 11.8. The molecule has 10 heteroatoms. The SMILES string of the molecule is CC(C)(C)NC(=O)NC(=O)CSc1n[nH]c(COc2ccc(Br)cc2)n1. The van der Waals surface area contributed by atoms with Crippen molar-refractivity contribution in [2.24, 2.45) is 0 Å². The molecule has 0 aliphatic heterocycles. The minimum Gasteiger partial charge on any atom is -0.486 e. The molecule has 1 aromatic heterocycles. The number of hydrogen-bond donors (Lipinski definition) is 3. The van der Waals surface area contributed by atoms with Gasteiger partial charge in [-0.3, -0.25) is 15.2 Å². The topological polar surface area (TPSA) is 109 Å². The van der Waals surface area contributed by atoms with Crippen LogP contribution in [0.25, 0.3) is 0 Å². The third-order valence-corrected chi connectivity index (χ3v) is 4.15. The molecule has 0 atom stereocenters. The van der Waals surface area contributed by atoms with Crippen LogP contribution in [0, 0.1) is 0 Å². The number of carbonyl (C=O) groups is 2. The lowest BCUT2D eigenvalue weighted by Crippen LogP contribution is -2.48. The molecule has 0 aliphatic rings. The molecule has 0 aliphatic carbocycles. The number of H-pyrrole nitrogens is 1. The summed E-state index contributed by atoms with van der Waals surface area (Å²) in [5.41, 5.74) is -0.412. The molecule has 8 nitrogen and oxygen atoms in total. The number of nitrogens with zero attached hydrogens (tertiary/aromatic N) is 2. The second-order valence-corrected chi connectivity index (χ2v) is 8.21. The van der Waals surface area contributed by atoms with Gasteiger partial charge in [-0.1, -0.05) is 27.7 Å². The van der Waals surface area contributed by atoms with Gasteiger partial charge >= 0.3 is 6.03 Å². The fourth-order valence-electron chi connectivity index (χ4n) is 1.75. The maximum Gasteiger partial charge on any atom is 0.321 e. The smallest absolute Gasteiger partial charge is 0.321 e. The molecule has 0 unspecified atom stereocenters. The van der Waals surface area contributed by atoms with Gasteiger partial charge in [0, 0.05) is 10.0 Å². The van der Waals surface area contributed by atoms with Crippen molar-refractivity contribution in [3.63, 3.8) is 0 Å². The zero-order valence-corrected chi connectivity index (χ0v) is 17.0. The molecule has 0 saturated carbocycles. The first-order valence-electron chi connectivity index (χ1n) is 7.76. The normalized spacial score (nSPS) is 11.1. The molecular formula is C16H20BrN5O3S. The molecule has 0 spiro atoms. The van der Waals surface area contributed by atoms with Gasteiger partial charge in [-0.25, -0.2) is 9.78 Å². The first-order chi connectivity index (χ1) is 12.2. The number of thioether (sulfide) groups is 1. The van der Waals surface area contributed by atoms with Crippen LogP contribution in [0.3, 0.4) is 0 Å². The average molecular weight is 442 g/mol. The highest BCUT2D eigenvalue weighted by atomic mass is 79.9. The highest BCUT2D eigenvalue weighted by Crippen LogP contribution is 2.17. The molecule has 2 aromatic rings. The second kappa shape index (κ2) is 9.04. The summed E-state index contributed by atoms with van der Waals surface area (Å²) in [5.74, 6) is 0.862. The molecule has 140 valence electrons. The molecule has 0 radical (unpaired) electrons. The zero-order chi connectivity index (χ0) is 19.2.